The fourth-order valence-corrected chi connectivity index (χ4v) is 2.35. The van der Waals surface area contributed by atoms with Crippen molar-refractivity contribution in [3.63, 3.8) is 0 Å². The molecule has 1 aromatic heterocycles. The molecule has 1 aliphatic rings. The van der Waals surface area contributed by atoms with Crippen molar-refractivity contribution in [2.24, 2.45) is 11.8 Å². The van der Waals surface area contributed by atoms with Crippen LogP contribution in [0.4, 0.5) is 5.95 Å². The van der Waals surface area contributed by atoms with Crippen molar-refractivity contribution < 1.29 is 14.7 Å². The van der Waals surface area contributed by atoms with Crippen LogP contribution in [-0.2, 0) is 9.59 Å². The molecule has 0 saturated carbocycles. The summed E-state index contributed by atoms with van der Waals surface area (Å²) in [6.45, 7) is 2.76. The van der Waals surface area contributed by atoms with Crippen LogP contribution in [0.1, 0.15) is 6.92 Å². The maximum Gasteiger partial charge on any atom is 0.308 e. The zero-order valence-electron chi connectivity index (χ0n) is 11.6. The van der Waals surface area contributed by atoms with E-state index >= 15 is 0 Å². The van der Waals surface area contributed by atoms with E-state index in [1.54, 1.807) is 35.3 Å². The fraction of sp³-hybridized carbons (Fsp3) is 0.538. The van der Waals surface area contributed by atoms with Crippen molar-refractivity contribution in [3.05, 3.63) is 18.5 Å². The Balaban J connectivity index is 1.95. The molecule has 0 unspecified atom stereocenters. The second-order valence-electron chi connectivity index (χ2n) is 5.13. The van der Waals surface area contributed by atoms with Crippen LogP contribution in [0.25, 0.3) is 0 Å². The highest BCUT2D eigenvalue weighted by Crippen LogP contribution is 2.23. The maximum atomic E-state index is 12.2. The predicted molar refractivity (Wildman–Crippen MR) is 72.2 cm³/mol. The van der Waals surface area contributed by atoms with Gasteiger partial charge in [0.2, 0.25) is 11.9 Å². The standard InChI is InChI=1S/C13H18N4O3/c1-9-6-17(7-10(9)12(19)20)11(18)8-16(2)13-14-4-3-5-15-13/h3-5,9-10H,6-8H2,1-2H3,(H,19,20)/t9-,10-/m1/s1. The fourth-order valence-electron chi connectivity index (χ4n) is 2.35. The first-order valence-electron chi connectivity index (χ1n) is 6.47. The van der Waals surface area contributed by atoms with Crippen LogP contribution < -0.4 is 4.90 Å². The molecule has 1 amide bonds. The van der Waals surface area contributed by atoms with E-state index in [4.69, 9.17) is 5.11 Å². The Morgan fingerprint density at radius 2 is 2.05 bits per heavy atom. The van der Waals surface area contributed by atoms with E-state index in [1.165, 1.54) is 0 Å². The number of likely N-dealkylation sites (tertiary alicyclic amines) is 1. The van der Waals surface area contributed by atoms with E-state index in [9.17, 15) is 9.59 Å². The van der Waals surface area contributed by atoms with E-state index in [0.717, 1.165) is 0 Å². The Labute approximate surface area is 117 Å². The van der Waals surface area contributed by atoms with Gasteiger partial charge in [-0.05, 0) is 12.0 Å². The molecule has 2 heterocycles. The number of hydrogen-bond acceptors (Lipinski definition) is 5. The van der Waals surface area contributed by atoms with Gasteiger partial charge in [-0.3, -0.25) is 9.59 Å². The molecule has 7 heteroatoms. The maximum absolute atomic E-state index is 12.2. The monoisotopic (exact) mass is 278 g/mol. The number of anilines is 1. The molecular formula is C13H18N4O3. The highest BCUT2D eigenvalue weighted by molar-refractivity contribution is 5.82. The summed E-state index contributed by atoms with van der Waals surface area (Å²) < 4.78 is 0. The van der Waals surface area contributed by atoms with E-state index < -0.39 is 11.9 Å². The largest absolute Gasteiger partial charge is 0.481 e. The molecule has 0 spiro atoms. The number of carboxylic acid groups (broad SMARTS) is 1. The topological polar surface area (TPSA) is 86.6 Å². The lowest BCUT2D eigenvalue weighted by Gasteiger charge is -2.21. The number of rotatable bonds is 4. The summed E-state index contributed by atoms with van der Waals surface area (Å²) in [4.78, 5) is 34.6. The Kier molecular flexibility index (Phi) is 4.16. The zero-order valence-corrected chi connectivity index (χ0v) is 11.6. The summed E-state index contributed by atoms with van der Waals surface area (Å²) in [5.41, 5.74) is 0. The number of amides is 1. The highest BCUT2D eigenvalue weighted by atomic mass is 16.4. The van der Waals surface area contributed by atoms with Gasteiger partial charge in [-0.1, -0.05) is 6.92 Å². The van der Waals surface area contributed by atoms with Gasteiger partial charge in [0.1, 0.15) is 0 Å². The molecule has 7 nitrogen and oxygen atoms in total. The van der Waals surface area contributed by atoms with E-state index in [1.807, 2.05) is 6.92 Å². The molecule has 1 aromatic rings. The number of likely N-dealkylation sites (N-methyl/N-ethyl adjacent to an activating group) is 1. The minimum atomic E-state index is -0.840. The van der Waals surface area contributed by atoms with Crippen molar-refractivity contribution in [1.82, 2.24) is 14.9 Å². The number of carboxylic acids is 1. The van der Waals surface area contributed by atoms with Gasteiger partial charge in [0.05, 0.1) is 12.5 Å². The Morgan fingerprint density at radius 1 is 1.40 bits per heavy atom. The second kappa shape index (κ2) is 5.85. The predicted octanol–water partition coefficient (Wildman–Crippen LogP) is 0.0919. The van der Waals surface area contributed by atoms with Gasteiger partial charge in [-0.2, -0.15) is 0 Å². The number of carbonyl (C=O) groups excluding carboxylic acids is 1. The highest BCUT2D eigenvalue weighted by Gasteiger charge is 2.37. The molecule has 0 aromatic carbocycles. The number of carbonyl (C=O) groups is 2. The van der Waals surface area contributed by atoms with Gasteiger partial charge in [0.25, 0.3) is 0 Å². The quantitative estimate of drug-likeness (QED) is 0.840. The van der Waals surface area contributed by atoms with Gasteiger partial charge in [-0.15, -0.1) is 0 Å². The third-order valence-corrected chi connectivity index (χ3v) is 3.55. The normalized spacial score (nSPS) is 21.8. The molecule has 20 heavy (non-hydrogen) atoms. The summed E-state index contributed by atoms with van der Waals surface area (Å²) in [7, 11) is 1.74. The number of nitrogens with zero attached hydrogens (tertiary/aromatic N) is 4. The minimum Gasteiger partial charge on any atom is -0.481 e. The Morgan fingerprint density at radius 3 is 2.60 bits per heavy atom. The third-order valence-electron chi connectivity index (χ3n) is 3.55. The molecule has 0 aliphatic carbocycles. The summed E-state index contributed by atoms with van der Waals surface area (Å²) in [6.07, 6.45) is 3.23. The molecule has 108 valence electrons. The van der Waals surface area contributed by atoms with Crippen molar-refractivity contribution in [1.29, 1.82) is 0 Å². The van der Waals surface area contributed by atoms with E-state index in [-0.39, 0.29) is 24.9 Å². The van der Waals surface area contributed by atoms with Crippen LogP contribution >= 0.6 is 0 Å². The minimum absolute atomic E-state index is 0.0188. The van der Waals surface area contributed by atoms with Gasteiger partial charge < -0.3 is 14.9 Å². The van der Waals surface area contributed by atoms with Crippen molar-refractivity contribution >= 4 is 17.8 Å². The lowest BCUT2D eigenvalue weighted by molar-refractivity contribution is -0.142. The van der Waals surface area contributed by atoms with Crippen LogP contribution in [0.2, 0.25) is 0 Å². The van der Waals surface area contributed by atoms with Gasteiger partial charge in [0.15, 0.2) is 0 Å². The molecule has 1 aliphatic heterocycles. The SMILES string of the molecule is C[C@@H]1CN(C(=O)CN(C)c2ncccn2)C[C@H]1C(=O)O. The number of aromatic nitrogens is 2. The first kappa shape index (κ1) is 14.2. The van der Waals surface area contributed by atoms with Crippen molar-refractivity contribution in [2.45, 2.75) is 6.92 Å². The van der Waals surface area contributed by atoms with Crippen LogP contribution in [-0.4, -0.2) is 58.5 Å². The third kappa shape index (κ3) is 3.04. The van der Waals surface area contributed by atoms with Crippen LogP contribution in [0.5, 0.6) is 0 Å². The van der Waals surface area contributed by atoms with Crippen molar-refractivity contribution in [3.8, 4) is 0 Å². The molecule has 0 radical (unpaired) electrons. The van der Waals surface area contributed by atoms with Crippen LogP contribution in [0.3, 0.4) is 0 Å². The van der Waals surface area contributed by atoms with Gasteiger partial charge in [0, 0.05) is 32.5 Å². The average Bonchev–Trinajstić information content (AvgIpc) is 2.82. The second-order valence-corrected chi connectivity index (χ2v) is 5.13. The summed E-state index contributed by atoms with van der Waals surface area (Å²) in [5, 5.41) is 9.07. The number of aliphatic carboxylic acids is 1. The molecule has 1 fully saturated rings. The first-order valence-corrected chi connectivity index (χ1v) is 6.47. The molecular weight excluding hydrogens is 260 g/mol. The molecule has 0 bridgehead atoms. The Bertz CT molecular complexity index is 494. The summed E-state index contributed by atoms with van der Waals surface area (Å²) in [6, 6.07) is 1.71. The Hall–Kier alpha value is -2.18. The number of hydrogen-bond donors (Lipinski definition) is 1. The van der Waals surface area contributed by atoms with Gasteiger partial charge in [-0.25, -0.2) is 9.97 Å². The zero-order chi connectivity index (χ0) is 14.7. The molecule has 1 N–H and O–H groups in total. The van der Waals surface area contributed by atoms with Gasteiger partial charge >= 0.3 is 5.97 Å². The molecule has 2 rings (SSSR count). The molecule has 2 atom stereocenters. The molecule has 1 saturated heterocycles. The summed E-state index contributed by atoms with van der Waals surface area (Å²) in [5.74, 6) is -0.960. The smallest absolute Gasteiger partial charge is 0.308 e. The lowest BCUT2D eigenvalue weighted by Crippen LogP contribution is -2.38. The van der Waals surface area contributed by atoms with E-state index in [2.05, 4.69) is 9.97 Å². The van der Waals surface area contributed by atoms with E-state index in [0.29, 0.717) is 12.5 Å². The summed E-state index contributed by atoms with van der Waals surface area (Å²) >= 11 is 0. The average molecular weight is 278 g/mol. The first-order chi connectivity index (χ1) is 9.49. The van der Waals surface area contributed by atoms with Crippen LogP contribution in [0, 0.1) is 11.8 Å². The van der Waals surface area contributed by atoms with Crippen molar-refractivity contribution in [2.75, 3.05) is 31.6 Å². The lowest BCUT2D eigenvalue weighted by atomic mass is 9.99. The van der Waals surface area contributed by atoms with Crippen LogP contribution in [0.15, 0.2) is 18.5 Å².